The number of hydrogen-bond acceptors (Lipinski definition) is 6. The van der Waals surface area contributed by atoms with Crippen LogP contribution in [0.5, 0.6) is 11.5 Å². The lowest BCUT2D eigenvalue weighted by atomic mass is 10.1. The van der Waals surface area contributed by atoms with Gasteiger partial charge in [-0.25, -0.2) is 5.53 Å². The van der Waals surface area contributed by atoms with Gasteiger partial charge in [0, 0.05) is 30.0 Å². The molecular formula is C30H31F3N6O4. The number of nitrogens with zero attached hydrogens (tertiary/aromatic N) is 4. The molecular weight excluding hydrogens is 565 g/mol. The van der Waals surface area contributed by atoms with E-state index in [2.05, 4.69) is 19.7 Å². The van der Waals surface area contributed by atoms with Crippen molar-refractivity contribution in [2.45, 2.75) is 45.2 Å². The molecule has 2 amide bonds. The summed E-state index contributed by atoms with van der Waals surface area (Å²) in [7, 11) is 0. The third kappa shape index (κ3) is 8.77. The number of nitrogens with two attached hydrogens (primary N) is 1. The van der Waals surface area contributed by atoms with E-state index >= 15 is 0 Å². The molecule has 0 bridgehead atoms. The molecule has 0 radical (unpaired) electrons. The highest BCUT2D eigenvalue weighted by atomic mass is 19.4. The monoisotopic (exact) mass is 596 g/mol. The normalized spacial score (nSPS) is 14.5. The molecule has 1 fully saturated rings. The van der Waals surface area contributed by atoms with Crippen LogP contribution in [0.25, 0.3) is 0 Å². The Hall–Kier alpha value is -4.94. The van der Waals surface area contributed by atoms with Gasteiger partial charge in [-0.1, -0.05) is 12.1 Å². The van der Waals surface area contributed by atoms with Gasteiger partial charge in [-0.05, 0) is 92.4 Å². The molecule has 1 aliphatic rings. The molecule has 1 heterocycles. The van der Waals surface area contributed by atoms with Crippen LogP contribution in [0.2, 0.25) is 0 Å². The Morgan fingerprint density at radius 1 is 0.953 bits per heavy atom. The van der Waals surface area contributed by atoms with Gasteiger partial charge in [0.15, 0.2) is 6.10 Å². The second-order valence-electron chi connectivity index (χ2n) is 9.85. The molecule has 0 aromatic heterocycles. The van der Waals surface area contributed by atoms with Gasteiger partial charge in [0.05, 0.1) is 6.54 Å². The summed E-state index contributed by atoms with van der Waals surface area (Å²) < 4.78 is 47.2. The Bertz CT molecular complexity index is 1440. The van der Waals surface area contributed by atoms with E-state index in [0.717, 1.165) is 43.8 Å². The van der Waals surface area contributed by atoms with Crippen molar-refractivity contribution >= 4 is 29.1 Å². The van der Waals surface area contributed by atoms with Crippen LogP contribution in [0.15, 0.2) is 82.9 Å². The van der Waals surface area contributed by atoms with Crippen molar-refractivity contribution in [3.8, 4) is 11.5 Å². The third-order valence-electron chi connectivity index (χ3n) is 6.74. The first-order valence-electron chi connectivity index (χ1n) is 13.6. The van der Waals surface area contributed by atoms with E-state index in [9.17, 15) is 22.8 Å². The van der Waals surface area contributed by atoms with E-state index < -0.39 is 36.0 Å². The van der Waals surface area contributed by atoms with Crippen LogP contribution in [-0.4, -0.2) is 43.3 Å². The molecule has 43 heavy (non-hydrogen) atoms. The Labute approximate surface area is 246 Å². The minimum absolute atomic E-state index is 0.135. The molecule has 226 valence electrons. The zero-order chi connectivity index (χ0) is 31.0. The van der Waals surface area contributed by atoms with E-state index in [1.165, 1.54) is 35.6 Å². The van der Waals surface area contributed by atoms with Crippen LogP contribution in [-0.2, 0) is 11.3 Å². The number of rotatable bonds is 9. The van der Waals surface area contributed by atoms with Gasteiger partial charge in [-0.3, -0.25) is 9.59 Å². The van der Waals surface area contributed by atoms with Gasteiger partial charge in [-0.2, -0.15) is 4.99 Å². The Morgan fingerprint density at radius 3 is 2.14 bits per heavy atom. The van der Waals surface area contributed by atoms with Crippen molar-refractivity contribution in [1.29, 1.82) is 5.53 Å². The van der Waals surface area contributed by atoms with E-state index in [4.69, 9.17) is 16.0 Å². The van der Waals surface area contributed by atoms with Crippen LogP contribution < -0.4 is 25.0 Å². The van der Waals surface area contributed by atoms with E-state index in [1.807, 2.05) is 24.3 Å². The first kappa shape index (κ1) is 31.0. The van der Waals surface area contributed by atoms with Gasteiger partial charge >= 0.3 is 6.36 Å². The molecule has 1 aliphatic heterocycles. The summed E-state index contributed by atoms with van der Waals surface area (Å²) in [6, 6.07) is 18.9. The first-order valence-corrected chi connectivity index (χ1v) is 13.6. The molecule has 0 saturated carbocycles. The number of guanidine groups is 1. The number of aliphatic imine (C=N–C) groups is 1. The fraction of sp³-hybridized carbons (Fsp3) is 0.300. The Morgan fingerprint density at radius 2 is 1.56 bits per heavy atom. The molecule has 13 heteroatoms. The largest absolute Gasteiger partial charge is 0.573 e. The maximum absolute atomic E-state index is 13.7. The number of nitrogens with one attached hydrogen (secondary N) is 1. The molecule has 3 aromatic carbocycles. The summed E-state index contributed by atoms with van der Waals surface area (Å²) in [4.78, 5) is 33.3. The van der Waals surface area contributed by atoms with Crippen LogP contribution >= 0.6 is 0 Å². The Balaban J connectivity index is 1.54. The van der Waals surface area contributed by atoms with Crippen LogP contribution in [0.4, 0.5) is 24.5 Å². The first-order chi connectivity index (χ1) is 20.5. The second-order valence-corrected chi connectivity index (χ2v) is 9.85. The highest BCUT2D eigenvalue weighted by Gasteiger charge is 2.31. The standard InChI is InChI=1S/C30H31F3N6O4/c1-20(42-25-13-15-26(16-14-25)43-30(31,32)33)28(41)39(24-11-9-23(10-12-24)38-17-3-2-4-18-38)19-21-5-7-22(8-6-21)27(40)36-29(34)37-35/h5-16,20,35H,2-4,17-19H2,1H3,(H2,34,36,40). The smallest absolute Gasteiger partial charge is 0.481 e. The summed E-state index contributed by atoms with van der Waals surface area (Å²) in [5.41, 5.74) is 14.8. The minimum atomic E-state index is -4.82. The summed E-state index contributed by atoms with van der Waals surface area (Å²) in [6.45, 7) is 3.63. The van der Waals surface area contributed by atoms with Crippen LogP contribution in [0.1, 0.15) is 42.1 Å². The predicted octanol–water partition coefficient (Wildman–Crippen LogP) is 6.06. The fourth-order valence-electron chi connectivity index (χ4n) is 4.61. The number of amides is 2. The lowest BCUT2D eigenvalue weighted by molar-refractivity contribution is -0.274. The van der Waals surface area contributed by atoms with Gasteiger partial charge in [0.2, 0.25) is 5.96 Å². The molecule has 0 aliphatic carbocycles. The maximum Gasteiger partial charge on any atom is 0.573 e. The minimum Gasteiger partial charge on any atom is -0.481 e. The van der Waals surface area contributed by atoms with Crippen molar-refractivity contribution in [1.82, 2.24) is 0 Å². The third-order valence-corrected chi connectivity index (χ3v) is 6.74. The number of ether oxygens (including phenoxy) is 2. The molecule has 1 unspecified atom stereocenters. The summed E-state index contributed by atoms with van der Waals surface area (Å²) >= 11 is 0. The molecule has 1 saturated heterocycles. The van der Waals surface area contributed by atoms with E-state index in [-0.39, 0.29) is 17.9 Å². The summed E-state index contributed by atoms with van der Waals surface area (Å²) in [5.74, 6) is -1.72. The number of hydrogen-bond donors (Lipinski definition) is 2. The predicted molar refractivity (Wildman–Crippen MR) is 154 cm³/mol. The molecule has 10 nitrogen and oxygen atoms in total. The van der Waals surface area contributed by atoms with Crippen molar-refractivity contribution in [3.05, 3.63) is 83.9 Å². The zero-order valence-corrected chi connectivity index (χ0v) is 23.4. The quantitative estimate of drug-likeness (QED) is 0.175. The van der Waals surface area contributed by atoms with Gasteiger partial charge in [-0.15, -0.1) is 18.3 Å². The summed E-state index contributed by atoms with van der Waals surface area (Å²) in [5, 5.41) is 2.91. The number of carbonyl (C=O) groups excluding carboxylic acids is 2. The molecule has 0 spiro atoms. The van der Waals surface area contributed by atoms with Gasteiger partial charge in [0.1, 0.15) is 11.5 Å². The molecule has 1 atom stereocenters. The molecule has 3 N–H and O–H groups in total. The highest BCUT2D eigenvalue weighted by Crippen LogP contribution is 2.28. The number of anilines is 2. The highest BCUT2D eigenvalue weighted by molar-refractivity contribution is 6.02. The zero-order valence-electron chi connectivity index (χ0n) is 23.4. The second kappa shape index (κ2) is 13.8. The fourth-order valence-corrected chi connectivity index (χ4v) is 4.61. The van der Waals surface area contributed by atoms with Gasteiger partial charge in [0.25, 0.3) is 11.8 Å². The van der Waals surface area contributed by atoms with E-state index in [1.54, 1.807) is 19.1 Å². The average molecular weight is 597 g/mol. The van der Waals surface area contributed by atoms with Crippen LogP contribution in [0, 0.1) is 5.53 Å². The van der Waals surface area contributed by atoms with Crippen molar-refractivity contribution in [2.24, 2.45) is 15.8 Å². The SMILES string of the molecule is CC(Oc1ccc(OC(F)(F)F)cc1)C(=O)N(Cc1ccc(C(=O)N=C(N)N=N)cc1)c1ccc(N2CCCCC2)cc1. The van der Waals surface area contributed by atoms with E-state index in [0.29, 0.717) is 11.3 Å². The van der Waals surface area contributed by atoms with Crippen molar-refractivity contribution in [2.75, 3.05) is 22.9 Å². The topological polar surface area (TPSA) is 134 Å². The lowest BCUT2D eigenvalue weighted by Crippen LogP contribution is -2.40. The maximum atomic E-state index is 13.7. The van der Waals surface area contributed by atoms with Crippen molar-refractivity contribution < 1.29 is 32.2 Å². The van der Waals surface area contributed by atoms with Crippen LogP contribution in [0.3, 0.4) is 0 Å². The number of halogens is 3. The number of benzene rings is 3. The molecule has 4 rings (SSSR count). The Kier molecular flexibility index (Phi) is 9.96. The number of alkyl halides is 3. The average Bonchev–Trinajstić information content (AvgIpc) is 3.00. The number of carbonyl (C=O) groups is 2. The summed E-state index contributed by atoms with van der Waals surface area (Å²) in [6.07, 6.45) is -2.36. The lowest BCUT2D eigenvalue weighted by Gasteiger charge is -2.30. The van der Waals surface area contributed by atoms with Crippen molar-refractivity contribution in [3.63, 3.8) is 0 Å². The van der Waals surface area contributed by atoms with Gasteiger partial charge < -0.3 is 25.0 Å². The number of piperidine rings is 1. The molecule has 3 aromatic rings.